The number of thiazole rings is 1. The van der Waals surface area contributed by atoms with Gasteiger partial charge in [0.1, 0.15) is 15.8 Å². The van der Waals surface area contributed by atoms with Crippen LogP contribution in [0.15, 0.2) is 48.5 Å². The third kappa shape index (κ3) is 4.67. The van der Waals surface area contributed by atoms with Crippen LogP contribution in [0.4, 0.5) is 5.00 Å². The van der Waals surface area contributed by atoms with E-state index in [2.05, 4.69) is 29.3 Å². The molecule has 0 bridgehead atoms. The number of thiophene rings is 1. The maximum Gasteiger partial charge on any atom is 0.229 e. The molecular formula is C26H27N3O2S2. The number of nitrogens with one attached hydrogen (secondary N) is 1. The molecule has 2 aromatic carbocycles. The molecule has 170 valence electrons. The molecular weight excluding hydrogens is 450 g/mol. The van der Waals surface area contributed by atoms with E-state index in [1.54, 1.807) is 22.7 Å². The molecule has 0 fully saturated rings. The van der Waals surface area contributed by atoms with Crippen molar-refractivity contribution in [3.63, 3.8) is 0 Å². The van der Waals surface area contributed by atoms with Crippen LogP contribution in [0.1, 0.15) is 29.9 Å². The molecule has 1 aliphatic heterocycles. The topological polar surface area (TPSA) is 54.5 Å². The van der Waals surface area contributed by atoms with Crippen LogP contribution < -0.4 is 10.1 Å². The van der Waals surface area contributed by atoms with Gasteiger partial charge in [0.2, 0.25) is 5.91 Å². The molecule has 0 unspecified atom stereocenters. The summed E-state index contributed by atoms with van der Waals surface area (Å²) in [6.45, 7) is 7.80. The fourth-order valence-corrected chi connectivity index (χ4v) is 6.66. The van der Waals surface area contributed by atoms with Crippen LogP contribution in [-0.4, -0.2) is 35.5 Å². The summed E-state index contributed by atoms with van der Waals surface area (Å²) in [4.78, 5) is 21.7. The minimum atomic E-state index is -0.00698. The van der Waals surface area contributed by atoms with Gasteiger partial charge in [-0.05, 0) is 55.3 Å². The van der Waals surface area contributed by atoms with Crippen molar-refractivity contribution in [3.05, 3.63) is 64.5 Å². The number of anilines is 1. The highest BCUT2D eigenvalue weighted by molar-refractivity contribution is 7.22. The second kappa shape index (κ2) is 9.63. The van der Waals surface area contributed by atoms with Crippen molar-refractivity contribution in [2.45, 2.75) is 33.2 Å². The van der Waals surface area contributed by atoms with Crippen LogP contribution >= 0.6 is 22.7 Å². The lowest BCUT2D eigenvalue weighted by Gasteiger charge is -2.25. The van der Waals surface area contributed by atoms with Crippen molar-refractivity contribution in [3.8, 4) is 16.3 Å². The third-order valence-corrected chi connectivity index (χ3v) is 8.13. The SMILES string of the molecule is CCOc1ccc(CC(=O)Nc2sc3c(c2-c2nc4ccccc4s2)CCN(CC)C3)cc1. The number of hydrogen-bond donors (Lipinski definition) is 1. The first kappa shape index (κ1) is 22.1. The van der Waals surface area contributed by atoms with Crippen molar-refractivity contribution in [1.29, 1.82) is 0 Å². The molecule has 1 N–H and O–H groups in total. The summed E-state index contributed by atoms with van der Waals surface area (Å²) in [6.07, 6.45) is 1.31. The molecule has 1 aliphatic rings. The van der Waals surface area contributed by atoms with Crippen LogP contribution in [0.2, 0.25) is 0 Å². The summed E-state index contributed by atoms with van der Waals surface area (Å²) in [5.74, 6) is 0.818. The number of benzene rings is 2. The smallest absolute Gasteiger partial charge is 0.229 e. The van der Waals surface area contributed by atoms with Gasteiger partial charge in [-0.1, -0.05) is 31.2 Å². The first-order valence-electron chi connectivity index (χ1n) is 11.4. The molecule has 0 saturated carbocycles. The highest BCUT2D eigenvalue weighted by atomic mass is 32.1. The molecule has 7 heteroatoms. The predicted molar refractivity (Wildman–Crippen MR) is 138 cm³/mol. The number of aromatic nitrogens is 1. The van der Waals surface area contributed by atoms with Gasteiger partial charge >= 0.3 is 0 Å². The molecule has 3 heterocycles. The van der Waals surface area contributed by atoms with Gasteiger partial charge < -0.3 is 10.1 Å². The number of rotatable bonds is 7. The first-order chi connectivity index (χ1) is 16.1. The summed E-state index contributed by atoms with van der Waals surface area (Å²) >= 11 is 3.41. The highest BCUT2D eigenvalue weighted by Crippen LogP contribution is 2.45. The molecule has 0 radical (unpaired) electrons. The van der Waals surface area contributed by atoms with Gasteiger partial charge in [0, 0.05) is 23.5 Å². The van der Waals surface area contributed by atoms with Gasteiger partial charge in [0.05, 0.1) is 23.2 Å². The Morgan fingerprint density at radius 2 is 1.94 bits per heavy atom. The number of fused-ring (bicyclic) bond motifs is 2. The highest BCUT2D eigenvalue weighted by Gasteiger charge is 2.27. The lowest BCUT2D eigenvalue weighted by atomic mass is 10.0. The molecule has 33 heavy (non-hydrogen) atoms. The molecule has 5 nitrogen and oxygen atoms in total. The molecule has 5 rings (SSSR count). The number of amides is 1. The standard InChI is InChI=1S/C26H27N3O2S2/c1-3-29-14-13-19-22(16-29)33-26(24(19)25-27-20-7-5-6-8-21(20)32-25)28-23(30)15-17-9-11-18(12-10-17)31-4-2/h5-12H,3-4,13-16H2,1-2H3,(H,28,30). The number of carbonyl (C=O) groups is 1. The fraction of sp³-hybridized carbons (Fsp3) is 0.308. The van der Waals surface area contributed by atoms with Crippen molar-refractivity contribution in [2.75, 3.05) is 25.0 Å². The van der Waals surface area contributed by atoms with E-state index in [1.165, 1.54) is 15.1 Å². The monoisotopic (exact) mass is 477 g/mol. The number of para-hydroxylation sites is 1. The molecule has 0 aliphatic carbocycles. The zero-order valence-corrected chi connectivity index (χ0v) is 20.5. The van der Waals surface area contributed by atoms with Crippen LogP contribution in [0.5, 0.6) is 5.75 Å². The summed E-state index contributed by atoms with van der Waals surface area (Å²) < 4.78 is 6.68. The van der Waals surface area contributed by atoms with Gasteiger partial charge in [0.25, 0.3) is 0 Å². The van der Waals surface area contributed by atoms with E-state index in [4.69, 9.17) is 9.72 Å². The van der Waals surface area contributed by atoms with Gasteiger partial charge in [-0.3, -0.25) is 9.69 Å². The van der Waals surface area contributed by atoms with E-state index >= 15 is 0 Å². The molecule has 0 saturated heterocycles. The molecule has 2 aromatic heterocycles. The van der Waals surface area contributed by atoms with E-state index in [-0.39, 0.29) is 5.91 Å². The zero-order valence-electron chi connectivity index (χ0n) is 18.9. The van der Waals surface area contributed by atoms with Crippen molar-refractivity contribution in [1.82, 2.24) is 9.88 Å². The summed E-state index contributed by atoms with van der Waals surface area (Å²) in [7, 11) is 0. The summed E-state index contributed by atoms with van der Waals surface area (Å²) in [5, 5.41) is 5.15. The summed E-state index contributed by atoms with van der Waals surface area (Å²) in [6, 6.07) is 16.0. The normalized spacial score (nSPS) is 13.8. The average molecular weight is 478 g/mol. The Hall–Kier alpha value is -2.74. The van der Waals surface area contributed by atoms with Crippen LogP contribution in [0, 0.1) is 0 Å². The largest absolute Gasteiger partial charge is 0.494 e. The van der Waals surface area contributed by atoms with Crippen LogP contribution in [0.25, 0.3) is 20.8 Å². The molecule has 1 amide bonds. The Balaban J connectivity index is 1.44. The average Bonchev–Trinajstić information content (AvgIpc) is 3.40. The minimum absolute atomic E-state index is 0.00698. The maximum atomic E-state index is 13.0. The Kier molecular flexibility index (Phi) is 6.44. The van der Waals surface area contributed by atoms with Gasteiger partial charge in [0.15, 0.2) is 0 Å². The Bertz CT molecular complexity index is 1240. The van der Waals surface area contributed by atoms with Crippen molar-refractivity contribution >= 4 is 43.8 Å². The van der Waals surface area contributed by atoms with E-state index in [1.807, 2.05) is 43.3 Å². The number of ether oxygens (including phenoxy) is 1. The number of carbonyl (C=O) groups excluding carboxylic acids is 1. The lowest BCUT2D eigenvalue weighted by Crippen LogP contribution is -2.29. The summed E-state index contributed by atoms with van der Waals surface area (Å²) in [5.41, 5.74) is 4.44. The van der Waals surface area contributed by atoms with Crippen molar-refractivity contribution in [2.24, 2.45) is 0 Å². The van der Waals surface area contributed by atoms with E-state index in [0.717, 1.165) is 58.5 Å². The van der Waals surface area contributed by atoms with Crippen molar-refractivity contribution < 1.29 is 9.53 Å². The lowest BCUT2D eigenvalue weighted by molar-refractivity contribution is -0.115. The van der Waals surface area contributed by atoms with Gasteiger partial charge in [-0.15, -0.1) is 22.7 Å². The second-order valence-corrected chi connectivity index (χ2v) is 10.3. The molecule has 0 spiro atoms. The Labute approximate surface area is 202 Å². The maximum absolute atomic E-state index is 13.0. The quantitative estimate of drug-likeness (QED) is 0.356. The van der Waals surface area contributed by atoms with E-state index < -0.39 is 0 Å². The van der Waals surface area contributed by atoms with E-state index in [0.29, 0.717) is 13.0 Å². The zero-order chi connectivity index (χ0) is 22.8. The number of likely N-dealkylation sites (N-methyl/N-ethyl adjacent to an activating group) is 1. The van der Waals surface area contributed by atoms with E-state index in [9.17, 15) is 4.79 Å². The number of nitrogens with zero attached hydrogens (tertiary/aromatic N) is 2. The number of hydrogen-bond acceptors (Lipinski definition) is 6. The van der Waals surface area contributed by atoms with Gasteiger partial charge in [-0.25, -0.2) is 4.98 Å². The fourth-order valence-electron chi connectivity index (χ4n) is 4.25. The third-order valence-electron chi connectivity index (χ3n) is 5.94. The molecule has 0 atom stereocenters. The van der Waals surface area contributed by atoms with Gasteiger partial charge in [-0.2, -0.15) is 0 Å². The van der Waals surface area contributed by atoms with Crippen LogP contribution in [0.3, 0.4) is 0 Å². The minimum Gasteiger partial charge on any atom is -0.494 e. The first-order valence-corrected chi connectivity index (χ1v) is 13.0. The van der Waals surface area contributed by atoms with Crippen LogP contribution in [-0.2, 0) is 24.2 Å². The predicted octanol–water partition coefficient (Wildman–Crippen LogP) is 5.98. The molecule has 4 aromatic rings. The Morgan fingerprint density at radius 3 is 2.70 bits per heavy atom. The Morgan fingerprint density at radius 1 is 1.12 bits per heavy atom. The second-order valence-electron chi connectivity index (χ2n) is 8.12.